The van der Waals surface area contributed by atoms with Crippen LogP contribution in [-0.2, 0) is 24.9 Å². The Kier molecular flexibility index (Phi) is 9.83. The van der Waals surface area contributed by atoms with Crippen LogP contribution in [-0.4, -0.2) is 66.5 Å². The number of amides is 1. The minimum absolute atomic E-state index is 0.0641. The third-order valence-electron chi connectivity index (χ3n) is 9.59. The van der Waals surface area contributed by atoms with Crippen LogP contribution in [0, 0.1) is 0 Å². The van der Waals surface area contributed by atoms with Gasteiger partial charge in [0.2, 0.25) is 11.8 Å². The number of pyridine rings is 2. The Morgan fingerprint density at radius 3 is 2.57 bits per heavy atom. The second-order valence-electron chi connectivity index (χ2n) is 13.4. The molecule has 1 saturated carbocycles. The first-order valence-electron chi connectivity index (χ1n) is 16.6. The number of nitrogens with one attached hydrogen (secondary N) is 3. The lowest BCUT2D eigenvalue weighted by atomic mass is 9.77. The predicted molar refractivity (Wildman–Crippen MR) is 197 cm³/mol. The van der Waals surface area contributed by atoms with E-state index in [1.807, 2.05) is 25.1 Å². The van der Waals surface area contributed by atoms with Gasteiger partial charge in [0.05, 0.1) is 45.7 Å². The lowest BCUT2D eigenvalue weighted by Crippen LogP contribution is -2.51. The molecule has 15 heteroatoms. The number of rotatable bonds is 11. The highest BCUT2D eigenvalue weighted by molar-refractivity contribution is 6.39. The number of hydrogen-bond donors (Lipinski definition) is 4. The van der Waals surface area contributed by atoms with E-state index < -0.39 is 5.60 Å². The van der Waals surface area contributed by atoms with Crippen molar-refractivity contribution in [2.75, 3.05) is 13.7 Å². The Morgan fingerprint density at radius 1 is 1.08 bits per heavy atom. The summed E-state index contributed by atoms with van der Waals surface area (Å²) in [5.74, 6) is 0.988. The molecule has 4 aromatic heterocycles. The molecule has 1 amide bonds. The van der Waals surface area contributed by atoms with Gasteiger partial charge in [-0.25, -0.2) is 9.50 Å². The van der Waals surface area contributed by atoms with Gasteiger partial charge in [-0.15, -0.1) is 0 Å². The predicted octanol–water partition coefficient (Wildman–Crippen LogP) is 5.16. The number of aliphatic hydroxyl groups is 1. The van der Waals surface area contributed by atoms with E-state index in [-0.39, 0.29) is 23.6 Å². The fraction of sp³-hybridized carbons (Fsp3) is 0.361. The minimum atomic E-state index is -0.651. The van der Waals surface area contributed by atoms with Crippen molar-refractivity contribution in [3.05, 3.63) is 85.6 Å². The summed E-state index contributed by atoms with van der Waals surface area (Å²) < 4.78 is 8.71. The number of benzene rings is 1. The van der Waals surface area contributed by atoms with E-state index >= 15 is 0 Å². The van der Waals surface area contributed by atoms with Crippen molar-refractivity contribution in [3.63, 3.8) is 0 Å². The number of ether oxygens (including phenoxy) is 1. The summed E-state index contributed by atoms with van der Waals surface area (Å²) in [4.78, 5) is 34.2. The Balaban J connectivity index is 1.16. The third kappa shape index (κ3) is 7.09. The molecule has 5 aromatic rings. The van der Waals surface area contributed by atoms with Crippen LogP contribution in [0.5, 0.6) is 5.88 Å². The highest BCUT2D eigenvalue weighted by Gasteiger charge is 2.38. The van der Waals surface area contributed by atoms with Crippen LogP contribution in [0.4, 0.5) is 0 Å². The number of nitrogens with zero attached hydrogens (tertiary/aromatic N) is 5. The van der Waals surface area contributed by atoms with Crippen molar-refractivity contribution in [3.8, 4) is 39.5 Å². The van der Waals surface area contributed by atoms with E-state index in [0.29, 0.717) is 110 Å². The lowest BCUT2D eigenvalue weighted by molar-refractivity contribution is -0.119. The normalized spacial score (nSPS) is 20.1. The molecule has 5 heterocycles. The summed E-state index contributed by atoms with van der Waals surface area (Å²) in [6.45, 7) is 3.21. The van der Waals surface area contributed by atoms with E-state index in [2.05, 4.69) is 20.9 Å². The quantitative estimate of drug-likeness (QED) is 0.144. The second-order valence-corrected chi connectivity index (χ2v) is 14.6. The number of carbonyl (C=O) groups excluding carboxylic acids is 1. The van der Waals surface area contributed by atoms with Gasteiger partial charge in [0, 0.05) is 78.9 Å². The first-order valence-corrected chi connectivity index (χ1v) is 17.8. The molecular formula is C36H37Cl3N8O4. The highest BCUT2D eigenvalue weighted by Crippen LogP contribution is 2.42. The third-order valence-corrected chi connectivity index (χ3v) is 10.7. The standard InChI is InChI=1S/C36H37Cl3N8O4/c1-36(50)13-21(14-36)42-17-29-45-47-18-19(11-28(47)35(49)46(29)2)33-32(39)23(9-10-41-33)22-5-4-6-24(31(22)38)27-12-26(37)25(34(44-27)51-3)16-40-15-20-7-8-30(48)43-20/h4-6,9-12,18,20-21,40,42,50H,7-8,13-17H2,1-3H3,(H,43,48)/t20-,21-,36-/m1/s1. The van der Waals surface area contributed by atoms with Crippen LogP contribution >= 0.6 is 34.8 Å². The molecule has 0 unspecified atom stereocenters. The number of aromatic nitrogens is 5. The van der Waals surface area contributed by atoms with Gasteiger partial charge in [-0.05, 0) is 44.4 Å². The molecular weight excluding hydrogens is 715 g/mol. The van der Waals surface area contributed by atoms with Crippen molar-refractivity contribution in [2.24, 2.45) is 7.05 Å². The summed E-state index contributed by atoms with van der Waals surface area (Å²) in [6.07, 6.45) is 6.01. The first kappa shape index (κ1) is 35.4. The molecule has 0 spiro atoms. The molecule has 1 aromatic carbocycles. The number of halogens is 3. The van der Waals surface area contributed by atoms with Crippen molar-refractivity contribution in [1.82, 2.24) is 40.1 Å². The molecule has 1 atom stereocenters. The maximum Gasteiger partial charge on any atom is 0.277 e. The zero-order chi connectivity index (χ0) is 36.0. The highest BCUT2D eigenvalue weighted by atomic mass is 35.5. The zero-order valence-electron chi connectivity index (χ0n) is 28.3. The number of carbonyl (C=O) groups is 1. The van der Waals surface area contributed by atoms with Crippen molar-refractivity contribution < 1.29 is 14.6 Å². The molecule has 2 fully saturated rings. The summed E-state index contributed by atoms with van der Waals surface area (Å²) in [5, 5.41) is 25.6. The maximum atomic E-state index is 13.3. The fourth-order valence-electron chi connectivity index (χ4n) is 6.82. The molecule has 7 rings (SSSR count). The summed E-state index contributed by atoms with van der Waals surface area (Å²) in [6, 6.07) is 11.1. The Hall–Kier alpha value is -4.04. The molecule has 266 valence electrons. The topological polar surface area (TPSA) is 148 Å². The van der Waals surface area contributed by atoms with Crippen LogP contribution in [0.25, 0.3) is 39.2 Å². The van der Waals surface area contributed by atoms with Crippen LogP contribution in [0.3, 0.4) is 0 Å². The molecule has 1 aliphatic heterocycles. The monoisotopic (exact) mass is 750 g/mol. The molecule has 0 radical (unpaired) electrons. The van der Waals surface area contributed by atoms with E-state index in [1.165, 1.54) is 11.7 Å². The van der Waals surface area contributed by atoms with Gasteiger partial charge in [0.15, 0.2) is 0 Å². The average Bonchev–Trinajstić information content (AvgIpc) is 3.71. The van der Waals surface area contributed by atoms with E-state index in [9.17, 15) is 14.7 Å². The smallest absolute Gasteiger partial charge is 0.277 e. The summed E-state index contributed by atoms with van der Waals surface area (Å²) in [5.41, 5.74) is 3.76. The van der Waals surface area contributed by atoms with E-state index in [1.54, 1.807) is 42.2 Å². The number of fused-ring (bicyclic) bond motifs is 1. The van der Waals surface area contributed by atoms with Gasteiger partial charge >= 0.3 is 0 Å². The fourth-order valence-corrected chi connectivity index (χ4v) is 7.72. The van der Waals surface area contributed by atoms with E-state index in [0.717, 1.165) is 6.42 Å². The first-order chi connectivity index (χ1) is 24.4. The van der Waals surface area contributed by atoms with Gasteiger partial charge in [-0.2, -0.15) is 5.10 Å². The summed E-state index contributed by atoms with van der Waals surface area (Å²) in [7, 11) is 3.23. The van der Waals surface area contributed by atoms with Gasteiger partial charge in [-0.3, -0.25) is 19.1 Å². The van der Waals surface area contributed by atoms with Crippen LogP contribution in [0.1, 0.15) is 44.0 Å². The largest absolute Gasteiger partial charge is 0.481 e. The number of hydrogen-bond acceptors (Lipinski definition) is 9. The van der Waals surface area contributed by atoms with E-state index in [4.69, 9.17) is 49.6 Å². The van der Waals surface area contributed by atoms with Gasteiger partial charge in [-0.1, -0.05) is 53.0 Å². The van der Waals surface area contributed by atoms with Gasteiger partial charge in [0.25, 0.3) is 5.56 Å². The number of methoxy groups -OCH3 is 1. The Morgan fingerprint density at radius 2 is 1.84 bits per heavy atom. The minimum Gasteiger partial charge on any atom is -0.481 e. The second kappa shape index (κ2) is 14.2. The van der Waals surface area contributed by atoms with Crippen LogP contribution < -0.4 is 26.2 Å². The molecule has 1 saturated heterocycles. The molecule has 4 N–H and O–H groups in total. The molecule has 51 heavy (non-hydrogen) atoms. The maximum absolute atomic E-state index is 13.3. The zero-order valence-corrected chi connectivity index (χ0v) is 30.5. The van der Waals surface area contributed by atoms with Gasteiger partial charge < -0.3 is 25.8 Å². The molecule has 1 aliphatic carbocycles. The SMILES string of the molecule is COc1nc(-c2cccc(-c3ccnc(-c4cc5c(=O)n(C)c(CN[C@H]6C[C@](C)(O)C6)nn5c4)c3Cl)c2Cl)cc(Cl)c1CNC[C@H]1CCC(=O)N1. The van der Waals surface area contributed by atoms with Crippen molar-refractivity contribution >= 4 is 46.2 Å². The van der Waals surface area contributed by atoms with Crippen LogP contribution in [0.15, 0.2) is 53.6 Å². The van der Waals surface area contributed by atoms with Crippen LogP contribution in [0.2, 0.25) is 15.1 Å². The Labute approximate surface area is 309 Å². The lowest BCUT2D eigenvalue weighted by Gasteiger charge is -2.41. The van der Waals surface area contributed by atoms with Gasteiger partial charge in [0.1, 0.15) is 11.3 Å². The van der Waals surface area contributed by atoms with Crippen molar-refractivity contribution in [1.29, 1.82) is 0 Å². The molecule has 2 aliphatic rings. The summed E-state index contributed by atoms with van der Waals surface area (Å²) >= 11 is 20.9. The molecule has 0 bridgehead atoms. The van der Waals surface area contributed by atoms with Crippen molar-refractivity contribution in [2.45, 2.75) is 63.4 Å². The average molecular weight is 752 g/mol. The Bertz CT molecular complexity index is 2210. The molecule has 12 nitrogen and oxygen atoms in total.